The monoisotopic (exact) mass is 284 g/mol. The number of fused-ring (bicyclic) bond motifs is 2. The maximum Gasteiger partial charge on any atom is 0.0739 e. The van der Waals surface area contributed by atoms with E-state index >= 15 is 0 Å². The average Bonchev–Trinajstić information content (AvgIpc) is 2.58. The average molecular weight is 284 g/mol. The lowest BCUT2D eigenvalue weighted by atomic mass is 9.96. The summed E-state index contributed by atoms with van der Waals surface area (Å²) in [6, 6.07) is 17.0. The molecule has 2 heteroatoms. The molecule has 4 rings (SSSR count). The van der Waals surface area contributed by atoms with Crippen molar-refractivity contribution >= 4 is 21.7 Å². The molecule has 0 N–H and O–H groups in total. The van der Waals surface area contributed by atoms with Crippen LogP contribution in [0.2, 0.25) is 0 Å². The fourth-order valence-electron chi connectivity index (χ4n) is 3.07. The van der Waals surface area contributed by atoms with Gasteiger partial charge in [-0.2, -0.15) is 0 Å². The molecule has 0 radical (unpaired) electrons. The highest BCUT2D eigenvalue weighted by Gasteiger charge is 2.07. The third-order valence-electron chi connectivity index (χ3n) is 4.22. The summed E-state index contributed by atoms with van der Waals surface area (Å²) in [7, 11) is 0. The van der Waals surface area contributed by atoms with Crippen LogP contribution in [0.15, 0.2) is 67.1 Å². The third kappa shape index (κ3) is 2.13. The molecule has 2 nitrogen and oxygen atoms in total. The van der Waals surface area contributed by atoms with E-state index in [9.17, 15) is 0 Å². The van der Waals surface area contributed by atoms with E-state index in [-0.39, 0.29) is 0 Å². The normalized spacial score (nSPS) is 11.1. The van der Waals surface area contributed by atoms with E-state index in [1.165, 1.54) is 32.8 Å². The van der Waals surface area contributed by atoms with Gasteiger partial charge in [0.2, 0.25) is 0 Å². The minimum Gasteiger partial charge on any atom is -0.264 e. The maximum absolute atomic E-state index is 4.61. The fraction of sp³-hybridized carbons (Fsp3) is 0.100. The Morgan fingerprint density at radius 1 is 0.818 bits per heavy atom. The van der Waals surface area contributed by atoms with Crippen molar-refractivity contribution in [1.29, 1.82) is 0 Å². The van der Waals surface area contributed by atoms with Crippen LogP contribution in [0.5, 0.6) is 0 Å². The molecule has 0 bridgehead atoms. The van der Waals surface area contributed by atoms with Gasteiger partial charge in [-0.1, -0.05) is 36.4 Å². The summed E-state index contributed by atoms with van der Waals surface area (Å²) in [5, 5.41) is 3.69. The van der Waals surface area contributed by atoms with E-state index < -0.39 is 0 Å². The zero-order valence-corrected chi connectivity index (χ0v) is 12.5. The molecule has 0 aliphatic heterocycles. The smallest absolute Gasteiger partial charge is 0.0739 e. The molecule has 0 atom stereocenters. The van der Waals surface area contributed by atoms with E-state index in [1.54, 1.807) is 0 Å². The van der Waals surface area contributed by atoms with Crippen molar-refractivity contribution in [2.45, 2.75) is 13.3 Å². The highest BCUT2D eigenvalue weighted by Crippen LogP contribution is 2.25. The van der Waals surface area contributed by atoms with E-state index in [0.29, 0.717) is 0 Å². The van der Waals surface area contributed by atoms with Gasteiger partial charge in [0.25, 0.3) is 0 Å². The van der Waals surface area contributed by atoms with Crippen LogP contribution in [-0.2, 0) is 6.42 Å². The van der Waals surface area contributed by atoms with Gasteiger partial charge in [-0.3, -0.25) is 9.97 Å². The van der Waals surface area contributed by atoms with Crippen molar-refractivity contribution in [3.63, 3.8) is 0 Å². The lowest BCUT2D eigenvalue weighted by Gasteiger charge is -2.10. The zero-order valence-electron chi connectivity index (χ0n) is 12.5. The summed E-state index contributed by atoms with van der Waals surface area (Å²) < 4.78 is 0. The van der Waals surface area contributed by atoms with Gasteiger partial charge < -0.3 is 0 Å². The Hall–Kier alpha value is -2.74. The van der Waals surface area contributed by atoms with Crippen LogP contribution in [-0.4, -0.2) is 9.97 Å². The summed E-state index contributed by atoms with van der Waals surface area (Å²) in [6.45, 7) is 2.14. The molecule has 0 amide bonds. The number of aromatic nitrogens is 2. The first-order valence-electron chi connectivity index (χ1n) is 7.48. The number of hydrogen-bond acceptors (Lipinski definition) is 2. The van der Waals surface area contributed by atoms with Crippen molar-refractivity contribution in [2.75, 3.05) is 0 Å². The van der Waals surface area contributed by atoms with Crippen LogP contribution < -0.4 is 0 Å². The number of pyridine rings is 2. The molecule has 2 aromatic carbocycles. The molecule has 106 valence electrons. The maximum atomic E-state index is 4.61. The Morgan fingerprint density at radius 2 is 1.77 bits per heavy atom. The molecule has 0 aliphatic rings. The predicted molar refractivity (Wildman–Crippen MR) is 91.0 cm³/mol. The first kappa shape index (κ1) is 13.0. The standard InChI is InChI=1S/C20H16N2/c1-14-7-8-16(20-18(14)6-3-10-22-20)12-15-4-2-5-17-13-21-11-9-19(15)17/h2-11,13H,12H2,1H3. The summed E-state index contributed by atoms with van der Waals surface area (Å²) in [5.41, 5.74) is 4.96. The lowest BCUT2D eigenvalue weighted by Crippen LogP contribution is -1.94. The Labute approximate surface area is 129 Å². The fourth-order valence-corrected chi connectivity index (χ4v) is 3.07. The molecule has 2 heterocycles. The van der Waals surface area contributed by atoms with E-state index in [0.717, 1.165) is 11.9 Å². The van der Waals surface area contributed by atoms with Crippen molar-refractivity contribution in [2.24, 2.45) is 0 Å². The quantitative estimate of drug-likeness (QED) is 0.534. The van der Waals surface area contributed by atoms with Gasteiger partial charge in [-0.05, 0) is 41.1 Å². The van der Waals surface area contributed by atoms with Gasteiger partial charge in [0.1, 0.15) is 0 Å². The Bertz CT molecular complexity index is 968. The Kier molecular flexibility index (Phi) is 3.08. The number of benzene rings is 2. The molecular weight excluding hydrogens is 268 g/mol. The minimum absolute atomic E-state index is 0.884. The SMILES string of the molecule is Cc1ccc(Cc2cccc3cnccc23)c2ncccc12. The van der Waals surface area contributed by atoms with Gasteiger partial charge in [0, 0.05) is 35.8 Å². The molecular formula is C20H16N2. The van der Waals surface area contributed by atoms with Crippen LogP contribution >= 0.6 is 0 Å². The van der Waals surface area contributed by atoms with Gasteiger partial charge in [0.15, 0.2) is 0 Å². The second-order valence-corrected chi connectivity index (χ2v) is 5.63. The van der Waals surface area contributed by atoms with Crippen LogP contribution in [0, 0.1) is 6.92 Å². The van der Waals surface area contributed by atoms with E-state index in [2.05, 4.69) is 59.4 Å². The van der Waals surface area contributed by atoms with Crippen molar-refractivity contribution in [1.82, 2.24) is 9.97 Å². The first-order valence-corrected chi connectivity index (χ1v) is 7.48. The summed E-state index contributed by atoms with van der Waals surface area (Å²) in [6.07, 6.45) is 6.54. The van der Waals surface area contributed by atoms with Crippen LogP contribution in [0.3, 0.4) is 0 Å². The summed E-state index contributed by atoms with van der Waals surface area (Å²) in [4.78, 5) is 8.82. The van der Waals surface area contributed by atoms with Crippen LogP contribution in [0.25, 0.3) is 21.7 Å². The van der Waals surface area contributed by atoms with Crippen molar-refractivity contribution < 1.29 is 0 Å². The summed E-state index contributed by atoms with van der Waals surface area (Å²) in [5.74, 6) is 0. The topological polar surface area (TPSA) is 25.8 Å². The highest BCUT2D eigenvalue weighted by atomic mass is 14.6. The number of rotatable bonds is 2. The first-order chi connectivity index (χ1) is 10.8. The van der Waals surface area contributed by atoms with Crippen LogP contribution in [0.4, 0.5) is 0 Å². The minimum atomic E-state index is 0.884. The predicted octanol–water partition coefficient (Wildman–Crippen LogP) is 4.68. The van der Waals surface area contributed by atoms with Gasteiger partial charge in [-0.15, -0.1) is 0 Å². The molecule has 22 heavy (non-hydrogen) atoms. The number of aryl methyl sites for hydroxylation is 1. The largest absolute Gasteiger partial charge is 0.264 e. The second kappa shape index (κ2) is 5.23. The Balaban J connectivity index is 1.88. The Morgan fingerprint density at radius 3 is 2.73 bits per heavy atom. The lowest BCUT2D eigenvalue weighted by molar-refractivity contribution is 1.20. The second-order valence-electron chi connectivity index (χ2n) is 5.63. The van der Waals surface area contributed by atoms with Crippen LogP contribution in [0.1, 0.15) is 16.7 Å². The van der Waals surface area contributed by atoms with Gasteiger partial charge in [0.05, 0.1) is 5.52 Å². The number of hydrogen-bond donors (Lipinski definition) is 0. The molecule has 0 saturated heterocycles. The zero-order chi connectivity index (χ0) is 14.9. The van der Waals surface area contributed by atoms with Gasteiger partial charge in [-0.25, -0.2) is 0 Å². The molecule has 0 aliphatic carbocycles. The van der Waals surface area contributed by atoms with Crippen molar-refractivity contribution in [3.8, 4) is 0 Å². The van der Waals surface area contributed by atoms with E-state index in [1.807, 2.05) is 24.7 Å². The summed E-state index contributed by atoms with van der Waals surface area (Å²) >= 11 is 0. The molecule has 0 unspecified atom stereocenters. The molecule has 2 aromatic heterocycles. The molecule has 0 spiro atoms. The third-order valence-corrected chi connectivity index (χ3v) is 4.22. The molecule has 0 fully saturated rings. The number of nitrogens with zero attached hydrogens (tertiary/aromatic N) is 2. The molecule has 4 aromatic rings. The highest BCUT2D eigenvalue weighted by molar-refractivity contribution is 5.88. The van der Waals surface area contributed by atoms with E-state index in [4.69, 9.17) is 0 Å². The molecule has 0 saturated carbocycles. The van der Waals surface area contributed by atoms with Gasteiger partial charge >= 0.3 is 0 Å². The van der Waals surface area contributed by atoms with Crippen molar-refractivity contribution in [3.05, 3.63) is 83.8 Å².